The molecule has 1 N–H and O–H groups in total. The summed E-state index contributed by atoms with van der Waals surface area (Å²) in [6.07, 6.45) is 0. The van der Waals surface area contributed by atoms with Gasteiger partial charge in [0.2, 0.25) is 15.9 Å². The maximum Gasteiger partial charge on any atom is 0.242 e. The van der Waals surface area contributed by atoms with Gasteiger partial charge >= 0.3 is 0 Å². The van der Waals surface area contributed by atoms with E-state index in [1.54, 1.807) is 24.3 Å². The summed E-state index contributed by atoms with van der Waals surface area (Å²) in [4.78, 5) is 14.2. The van der Waals surface area contributed by atoms with E-state index in [2.05, 4.69) is 5.32 Å². The van der Waals surface area contributed by atoms with Gasteiger partial charge in [0.1, 0.15) is 0 Å². The number of hydrogen-bond acceptors (Lipinski definition) is 4. The number of sulfonamides is 1. The van der Waals surface area contributed by atoms with Crippen LogP contribution >= 0.6 is 0 Å². The molecule has 6 nitrogen and oxygen atoms in total. The summed E-state index contributed by atoms with van der Waals surface area (Å²) in [5, 5.41) is 2.79. The van der Waals surface area contributed by atoms with Gasteiger partial charge in [-0.3, -0.25) is 4.79 Å². The van der Waals surface area contributed by atoms with Gasteiger partial charge in [-0.15, -0.1) is 0 Å². The second-order valence-electron chi connectivity index (χ2n) is 5.86. The summed E-state index contributed by atoms with van der Waals surface area (Å²) in [6.45, 7) is 0.345. The largest absolute Gasteiger partial charge is 0.365 e. The van der Waals surface area contributed by atoms with Gasteiger partial charge in [0.05, 0.1) is 11.4 Å². The summed E-state index contributed by atoms with van der Waals surface area (Å²) in [5.74, 6) is -0.177. The Balaban J connectivity index is 2.03. The Morgan fingerprint density at radius 2 is 1.56 bits per heavy atom. The summed E-state index contributed by atoms with van der Waals surface area (Å²) in [7, 11) is 1.25. The molecule has 2 aromatic rings. The zero-order chi connectivity index (χ0) is 18.4. The first-order valence-electron chi connectivity index (χ1n) is 7.85. The van der Waals surface area contributed by atoms with Crippen LogP contribution < -0.4 is 10.2 Å². The number of rotatable bonds is 7. The highest BCUT2D eigenvalue weighted by Gasteiger charge is 2.20. The first-order valence-corrected chi connectivity index (χ1v) is 9.29. The van der Waals surface area contributed by atoms with Crippen molar-refractivity contribution in [2.75, 3.05) is 32.6 Å². The van der Waals surface area contributed by atoms with E-state index in [9.17, 15) is 13.2 Å². The second-order valence-corrected chi connectivity index (χ2v) is 7.98. The normalized spacial score (nSPS) is 11.4. The summed E-state index contributed by atoms with van der Waals surface area (Å²) in [5.41, 5.74) is 1.50. The maximum atomic E-state index is 12.4. The van der Waals surface area contributed by atoms with Crippen LogP contribution in [0.3, 0.4) is 0 Å². The molecule has 0 aliphatic heterocycles. The van der Waals surface area contributed by atoms with Crippen molar-refractivity contribution in [2.45, 2.75) is 11.4 Å². The van der Waals surface area contributed by atoms with Crippen molar-refractivity contribution >= 4 is 21.6 Å². The van der Waals surface area contributed by atoms with Crippen LogP contribution in [-0.2, 0) is 21.4 Å². The summed E-state index contributed by atoms with van der Waals surface area (Å²) >= 11 is 0. The lowest BCUT2D eigenvalue weighted by atomic mass is 10.2. The van der Waals surface area contributed by atoms with Crippen LogP contribution in [0.1, 0.15) is 5.56 Å². The smallest absolute Gasteiger partial charge is 0.242 e. The van der Waals surface area contributed by atoms with Crippen LogP contribution in [0.5, 0.6) is 0 Å². The Bertz CT molecular complexity index is 820. The third-order valence-corrected chi connectivity index (χ3v) is 5.70. The molecule has 0 bridgehead atoms. The number of carbonyl (C=O) groups excluding carboxylic acids is 1. The van der Waals surface area contributed by atoms with Crippen molar-refractivity contribution in [2.24, 2.45) is 0 Å². The van der Waals surface area contributed by atoms with Crippen molar-refractivity contribution in [3.05, 3.63) is 60.2 Å². The average Bonchev–Trinajstić information content (AvgIpc) is 2.60. The van der Waals surface area contributed by atoms with Gasteiger partial charge in [-0.25, -0.2) is 12.7 Å². The van der Waals surface area contributed by atoms with E-state index in [1.165, 1.54) is 14.1 Å². The molecule has 0 heterocycles. The lowest BCUT2D eigenvalue weighted by molar-refractivity contribution is -0.119. The molecule has 0 saturated heterocycles. The van der Waals surface area contributed by atoms with Gasteiger partial charge in [-0.2, -0.15) is 0 Å². The Hall–Kier alpha value is -2.38. The van der Waals surface area contributed by atoms with E-state index in [1.807, 2.05) is 42.3 Å². The Morgan fingerprint density at radius 3 is 2.20 bits per heavy atom. The summed E-state index contributed by atoms with van der Waals surface area (Å²) in [6, 6.07) is 16.3. The van der Waals surface area contributed by atoms with Crippen LogP contribution in [0.25, 0.3) is 0 Å². The highest BCUT2D eigenvalue weighted by atomic mass is 32.2. The minimum atomic E-state index is -3.55. The van der Waals surface area contributed by atoms with Gasteiger partial charge in [0.25, 0.3) is 0 Å². The molecule has 0 aromatic heterocycles. The van der Waals surface area contributed by atoms with Crippen molar-refractivity contribution in [3.63, 3.8) is 0 Å². The van der Waals surface area contributed by atoms with E-state index < -0.39 is 10.0 Å². The monoisotopic (exact) mass is 361 g/mol. The Labute approximate surface area is 149 Å². The first kappa shape index (κ1) is 19.0. The third kappa shape index (κ3) is 4.80. The number of nitrogens with zero attached hydrogens (tertiary/aromatic N) is 2. The van der Waals surface area contributed by atoms with Gasteiger partial charge < -0.3 is 10.2 Å². The quantitative estimate of drug-likeness (QED) is 0.815. The molecular formula is C18H23N3O3S. The van der Waals surface area contributed by atoms with Gasteiger partial charge in [-0.05, 0) is 23.8 Å². The molecule has 2 aromatic carbocycles. The van der Waals surface area contributed by atoms with Gasteiger partial charge in [0.15, 0.2) is 0 Å². The van der Waals surface area contributed by atoms with E-state index in [0.29, 0.717) is 5.56 Å². The van der Waals surface area contributed by atoms with Gasteiger partial charge in [0, 0.05) is 33.4 Å². The number of amides is 1. The molecule has 25 heavy (non-hydrogen) atoms. The lowest BCUT2D eigenvalue weighted by Gasteiger charge is -2.19. The Morgan fingerprint density at radius 1 is 0.960 bits per heavy atom. The molecule has 0 fully saturated rings. The number of carbonyl (C=O) groups is 1. The first-order chi connectivity index (χ1) is 11.8. The van der Waals surface area contributed by atoms with Crippen LogP contribution in [0.15, 0.2) is 59.5 Å². The molecule has 1 amide bonds. The molecule has 134 valence electrons. The molecule has 7 heteroatoms. The van der Waals surface area contributed by atoms with Crippen LogP contribution in [0.2, 0.25) is 0 Å². The SMILES string of the molecule is CN(CC(=O)NCc1ccccc1S(=O)(=O)N(C)C)c1ccccc1. The molecule has 0 unspecified atom stereocenters. The van der Waals surface area contributed by atoms with Crippen molar-refractivity contribution in [3.8, 4) is 0 Å². The standard InChI is InChI=1S/C18H23N3O3S/c1-20(2)25(23,24)17-12-8-7-9-15(17)13-19-18(22)14-21(3)16-10-5-4-6-11-16/h4-12H,13-14H2,1-3H3,(H,19,22). The minimum Gasteiger partial charge on any atom is -0.365 e. The highest BCUT2D eigenvalue weighted by Crippen LogP contribution is 2.18. The molecule has 0 radical (unpaired) electrons. The van der Waals surface area contributed by atoms with Crippen LogP contribution in [0.4, 0.5) is 5.69 Å². The molecular weight excluding hydrogens is 338 g/mol. The van der Waals surface area contributed by atoms with Crippen LogP contribution in [-0.4, -0.2) is 46.3 Å². The number of para-hydroxylation sites is 1. The second kappa shape index (κ2) is 8.13. The summed E-state index contributed by atoms with van der Waals surface area (Å²) < 4.78 is 25.9. The molecule has 0 aliphatic carbocycles. The average molecular weight is 361 g/mol. The van der Waals surface area contributed by atoms with E-state index in [4.69, 9.17) is 0 Å². The van der Waals surface area contributed by atoms with E-state index >= 15 is 0 Å². The fourth-order valence-electron chi connectivity index (χ4n) is 2.34. The molecule has 0 aliphatic rings. The predicted molar refractivity (Wildman–Crippen MR) is 98.9 cm³/mol. The highest BCUT2D eigenvalue weighted by molar-refractivity contribution is 7.89. The number of benzene rings is 2. The predicted octanol–water partition coefficient (Wildman–Crippen LogP) is 1.69. The van der Waals surface area contributed by atoms with Crippen LogP contribution in [0, 0.1) is 0 Å². The Kier molecular flexibility index (Phi) is 6.17. The number of likely N-dealkylation sites (N-methyl/N-ethyl adjacent to an activating group) is 1. The number of hydrogen-bond donors (Lipinski definition) is 1. The zero-order valence-corrected chi connectivity index (χ0v) is 15.5. The lowest BCUT2D eigenvalue weighted by Crippen LogP contribution is -2.35. The molecule has 2 rings (SSSR count). The zero-order valence-electron chi connectivity index (χ0n) is 14.6. The number of anilines is 1. The fraction of sp³-hybridized carbons (Fsp3) is 0.278. The van der Waals surface area contributed by atoms with E-state index in [0.717, 1.165) is 9.99 Å². The van der Waals surface area contributed by atoms with Crippen molar-refractivity contribution in [1.29, 1.82) is 0 Å². The molecule has 0 atom stereocenters. The van der Waals surface area contributed by atoms with Crippen molar-refractivity contribution < 1.29 is 13.2 Å². The molecule has 0 saturated carbocycles. The van der Waals surface area contributed by atoms with E-state index in [-0.39, 0.29) is 23.9 Å². The topological polar surface area (TPSA) is 69.7 Å². The third-order valence-electron chi connectivity index (χ3n) is 3.78. The maximum absolute atomic E-state index is 12.4. The number of nitrogens with one attached hydrogen (secondary N) is 1. The van der Waals surface area contributed by atoms with Gasteiger partial charge in [-0.1, -0.05) is 36.4 Å². The molecule has 0 spiro atoms. The fourth-order valence-corrected chi connectivity index (χ4v) is 3.45. The minimum absolute atomic E-state index is 0.157. The van der Waals surface area contributed by atoms with Crippen molar-refractivity contribution in [1.82, 2.24) is 9.62 Å².